The van der Waals surface area contributed by atoms with Gasteiger partial charge in [0.1, 0.15) is 0 Å². The first-order valence-corrected chi connectivity index (χ1v) is 7.67. The molecule has 0 unspecified atom stereocenters. The van der Waals surface area contributed by atoms with Crippen LogP contribution < -0.4 is 4.90 Å². The Morgan fingerprint density at radius 2 is 2.08 bits per heavy atom. The molecule has 0 fully saturated rings. The molecule has 0 bridgehead atoms. The minimum atomic E-state index is -0.420. The van der Waals surface area contributed by atoms with E-state index in [1.807, 2.05) is 25.1 Å². The van der Waals surface area contributed by atoms with Crippen molar-refractivity contribution in [1.82, 2.24) is 0 Å². The van der Waals surface area contributed by atoms with Crippen LogP contribution in [0.2, 0.25) is 0 Å². The number of hydrogen-bond acceptors (Lipinski definition) is 4. The maximum absolute atomic E-state index is 11.7. The number of carbonyl (C=O) groups is 1. The largest absolute Gasteiger partial charge is 0.309 e. The summed E-state index contributed by atoms with van der Waals surface area (Å²) in [6, 6.07) is 12.2. The zero-order valence-corrected chi connectivity index (χ0v) is 13.5. The number of aliphatic imine (C=N–C) groups is 1. The van der Waals surface area contributed by atoms with E-state index < -0.39 is 4.92 Å². The second kappa shape index (κ2) is 6.23. The molecule has 6 nitrogen and oxygen atoms in total. The summed E-state index contributed by atoms with van der Waals surface area (Å²) in [6.07, 6.45) is 2.28. The second-order valence-corrected chi connectivity index (χ2v) is 5.83. The van der Waals surface area contributed by atoms with Gasteiger partial charge in [0, 0.05) is 30.9 Å². The van der Waals surface area contributed by atoms with Gasteiger partial charge in [-0.25, -0.2) is 0 Å². The van der Waals surface area contributed by atoms with E-state index in [2.05, 4.69) is 4.99 Å². The SMILES string of the molecule is CC(=O)N1c2ccc(N=Cc3ccccc3[N+](=O)[O-])cc2C[C@@H]1C. The van der Waals surface area contributed by atoms with Gasteiger partial charge in [-0.15, -0.1) is 0 Å². The van der Waals surface area contributed by atoms with E-state index >= 15 is 0 Å². The molecule has 1 aliphatic rings. The Bertz CT molecular complexity index is 845. The minimum Gasteiger partial charge on any atom is -0.309 e. The first-order valence-electron chi connectivity index (χ1n) is 7.67. The standard InChI is InChI=1S/C18H17N3O3/c1-12-9-15-10-16(7-8-17(15)20(12)13(2)22)19-11-14-5-3-4-6-18(14)21(23)24/h3-8,10-12H,9H2,1-2H3/t12-/m0/s1. The van der Waals surface area contributed by atoms with E-state index in [0.29, 0.717) is 11.3 Å². The van der Waals surface area contributed by atoms with Gasteiger partial charge < -0.3 is 4.90 Å². The maximum atomic E-state index is 11.7. The summed E-state index contributed by atoms with van der Waals surface area (Å²) < 4.78 is 0. The van der Waals surface area contributed by atoms with Gasteiger partial charge in [-0.1, -0.05) is 12.1 Å². The first kappa shape index (κ1) is 15.9. The summed E-state index contributed by atoms with van der Waals surface area (Å²) >= 11 is 0. The van der Waals surface area contributed by atoms with Crippen molar-refractivity contribution in [2.75, 3.05) is 4.90 Å². The zero-order valence-electron chi connectivity index (χ0n) is 13.5. The lowest BCUT2D eigenvalue weighted by Gasteiger charge is -2.20. The molecule has 122 valence electrons. The fourth-order valence-corrected chi connectivity index (χ4v) is 3.08. The van der Waals surface area contributed by atoms with E-state index in [1.165, 1.54) is 12.3 Å². The smallest absolute Gasteiger partial charge is 0.278 e. The minimum absolute atomic E-state index is 0.0254. The van der Waals surface area contributed by atoms with E-state index in [-0.39, 0.29) is 17.6 Å². The molecule has 0 radical (unpaired) electrons. The lowest BCUT2D eigenvalue weighted by atomic mass is 10.1. The van der Waals surface area contributed by atoms with Gasteiger partial charge in [0.05, 0.1) is 16.2 Å². The van der Waals surface area contributed by atoms with Gasteiger partial charge in [0.15, 0.2) is 0 Å². The number of hydrogen-bond donors (Lipinski definition) is 0. The number of nitro groups is 1. The monoisotopic (exact) mass is 323 g/mol. The highest BCUT2D eigenvalue weighted by atomic mass is 16.6. The zero-order chi connectivity index (χ0) is 17.3. The van der Waals surface area contributed by atoms with Crippen LogP contribution in [0.5, 0.6) is 0 Å². The van der Waals surface area contributed by atoms with Crippen LogP contribution in [0.4, 0.5) is 17.1 Å². The molecule has 1 heterocycles. The van der Waals surface area contributed by atoms with Crippen LogP contribution in [0.3, 0.4) is 0 Å². The van der Waals surface area contributed by atoms with Crippen LogP contribution in [-0.2, 0) is 11.2 Å². The number of benzene rings is 2. The Morgan fingerprint density at radius 3 is 2.79 bits per heavy atom. The average molecular weight is 323 g/mol. The third kappa shape index (κ3) is 2.90. The fraction of sp³-hybridized carbons (Fsp3) is 0.222. The summed E-state index contributed by atoms with van der Waals surface area (Å²) in [5.74, 6) is 0.0254. The molecular formula is C18H17N3O3. The van der Waals surface area contributed by atoms with E-state index in [9.17, 15) is 14.9 Å². The fourth-order valence-electron chi connectivity index (χ4n) is 3.08. The van der Waals surface area contributed by atoms with Crippen molar-refractivity contribution < 1.29 is 9.72 Å². The number of anilines is 1. The van der Waals surface area contributed by atoms with Gasteiger partial charge >= 0.3 is 0 Å². The number of para-hydroxylation sites is 1. The van der Waals surface area contributed by atoms with Crippen LogP contribution in [-0.4, -0.2) is 23.1 Å². The van der Waals surface area contributed by atoms with Crippen molar-refractivity contribution in [2.45, 2.75) is 26.3 Å². The predicted octanol–water partition coefficient (Wildman–Crippen LogP) is 3.64. The highest BCUT2D eigenvalue weighted by molar-refractivity contribution is 5.95. The van der Waals surface area contributed by atoms with Gasteiger partial charge in [-0.3, -0.25) is 19.9 Å². The van der Waals surface area contributed by atoms with Crippen molar-refractivity contribution in [2.24, 2.45) is 4.99 Å². The molecule has 0 saturated heterocycles. The molecule has 0 N–H and O–H groups in total. The van der Waals surface area contributed by atoms with E-state index in [1.54, 1.807) is 30.0 Å². The highest BCUT2D eigenvalue weighted by Crippen LogP contribution is 2.34. The Kier molecular flexibility index (Phi) is 4.12. The number of carbonyl (C=O) groups excluding carboxylic acids is 1. The Morgan fingerprint density at radius 1 is 1.33 bits per heavy atom. The van der Waals surface area contributed by atoms with Crippen LogP contribution in [0.25, 0.3) is 0 Å². The molecule has 6 heteroatoms. The Labute approximate surface area is 139 Å². The van der Waals surface area contributed by atoms with Gasteiger partial charge in [0.2, 0.25) is 5.91 Å². The average Bonchev–Trinajstić information content (AvgIpc) is 2.88. The molecule has 2 aromatic rings. The number of amides is 1. The van der Waals surface area contributed by atoms with E-state index in [0.717, 1.165) is 17.7 Å². The molecule has 1 atom stereocenters. The third-order valence-electron chi connectivity index (χ3n) is 4.10. The molecule has 2 aromatic carbocycles. The number of nitro benzene ring substituents is 1. The third-order valence-corrected chi connectivity index (χ3v) is 4.10. The van der Waals surface area contributed by atoms with Gasteiger partial charge in [0.25, 0.3) is 5.69 Å². The quantitative estimate of drug-likeness (QED) is 0.491. The molecule has 24 heavy (non-hydrogen) atoms. The summed E-state index contributed by atoms with van der Waals surface area (Å²) in [5, 5.41) is 11.0. The molecular weight excluding hydrogens is 306 g/mol. The highest BCUT2D eigenvalue weighted by Gasteiger charge is 2.28. The maximum Gasteiger partial charge on any atom is 0.278 e. The molecule has 1 aliphatic heterocycles. The Balaban J connectivity index is 1.90. The van der Waals surface area contributed by atoms with Crippen molar-refractivity contribution in [3.05, 3.63) is 63.7 Å². The van der Waals surface area contributed by atoms with Crippen LogP contribution >= 0.6 is 0 Å². The molecule has 0 aromatic heterocycles. The number of rotatable bonds is 3. The lowest BCUT2D eigenvalue weighted by Crippen LogP contribution is -2.33. The molecule has 0 aliphatic carbocycles. The van der Waals surface area contributed by atoms with Crippen molar-refractivity contribution in [1.29, 1.82) is 0 Å². The van der Waals surface area contributed by atoms with Gasteiger partial charge in [-0.2, -0.15) is 0 Å². The summed E-state index contributed by atoms with van der Waals surface area (Å²) in [4.78, 5) is 28.5. The molecule has 0 spiro atoms. The normalized spacial score (nSPS) is 16.4. The van der Waals surface area contributed by atoms with Crippen LogP contribution in [0.15, 0.2) is 47.5 Å². The summed E-state index contributed by atoms with van der Waals surface area (Å²) in [7, 11) is 0. The molecule has 1 amide bonds. The molecule has 0 saturated carbocycles. The van der Waals surface area contributed by atoms with Crippen molar-refractivity contribution >= 4 is 29.2 Å². The van der Waals surface area contributed by atoms with E-state index in [4.69, 9.17) is 0 Å². The van der Waals surface area contributed by atoms with Crippen LogP contribution in [0, 0.1) is 10.1 Å². The number of fused-ring (bicyclic) bond motifs is 1. The lowest BCUT2D eigenvalue weighted by molar-refractivity contribution is -0.385. The molecule has 3 rings (SSSR count). The van der Waals surface area contributed by atoms with Crippen molar-refractivity contribution in [3.63, 3.8) is 0 Å². The second-order valence-electron chi connectivity index (χ2n) is 5.83. The predicted molar refractivity (Wildman–Crippen MR) is 93.1 cm³/mol. The number of nitrogens with zero attached hydrogens (tertiary/aromatic N) is 3. The Hall–Kier alpha value is -3.02. The van der Waals surface area contributed by atoms with Crippen molar-refractivity contribution in [3.8, 4) is 0 Å². The first-order chi connectivity index (χ1) is 11.5. The summed E-state index contributed by atoms with van der Waals surface area (Å²) in [6.45, 7) is 3.57. The topological polar surface area (TPSA) is 75.8 Å². The van der Waals surface area contributed by atoms with Gasteiger partial charge in [-0.05, 0) is 43.2 Å². The van der Waals surface area contributed by atoms with Crippen LogP contribution in [0.1, 0.15) is 25.0 Å². The summed E-state index contributed by atoms with van der Waals surface area (Å²) in [5.41, 5.74) is 3.18.